The molecular formula is C16H26O5. The number of hydrogen-bond donors (Lipinski definition) is 2. The molecule has 4 aliphatic carbocycles. The van der Waals surface area contributed by atoms with Crippen LogP contribution in [0.15, 0.2) is 0 Å². The first-order chi connectivity index (χ1) is 10.0. The van der Waals surface area contributed by atoms with E-state index < -0.39 is 12.3 Å². The monoisotopic (exact) mass is 298 g/mol. The molecule has 2 N–H and O–H groups in total. The molecule has 5 heteroatoms. The number of carboxylic acid groups (broad SMARTS) is 2. The Balaban J connectivity index is 0.000000115. The molecule has 4 aliphatic rings. The fourth-order valence-electron chi connectivity index (χ4n) is 4.42. The first kappa shape index (κ1) is 16.1. The summed E-state index contributed by atoms with van der Waals surface area (Å²) < 4.78 is 3.08. The van der Waals surface area contributed by atoms with Gasteiger partial charge in [-0.25, -0.2) is 9.59 Å². The molecule has 5 nitrogen and oxygen atoms in total. The Bertz CT molecular complexity index is 298. The lowest BCUT2D eigenvalue weighted by molar-refractivity contribution is 0.0802. The van der Waals surface area contributed by atoms with E-state index in [-0.39, 0.29) is 0 Å². The minimum Gasteiger partial charge on any atom is -0.449 e. The van der Waals surface area contributed by atoms with E-state index in [0.29, 0.717) is 0 Å². The molecule has 4 bridgehead atoms. The van der Waals surface area contributed by atoms with Crippen LogP contribution in [0.4, 0.5) is 9.59 Å². The molecule has 0 aliphatic heterocycles. The Morgan fingerprint density at radius 3 is 0.905 bits per heavy atom. The summed E-state index contributed by atoms with van der Waals surface area (Å²) in [6, 6.07) is 0. The average molecular weight is 298 g/mol. The van der Waals surface area contributed by atoms with Crippen molar-refractivity contribution in [2.75, 3.05) is 0 Å². The van der Waals surface area contributed by atoms with Crippen LogP contribution in [0, 0.1) is 23.7 Å². The van der Waals surface area contributed by atoms with Gasteiger partial charge in [0, 0.05) is 0 Å². The lowest BCUT2D eigenvalue weighted by Crippen LogP contribution is -2.05. The van der Waals surface area contributed by atoms with Crippen molar-refractivity contribution in [3.8, 4) is 0 Å². The third-order valence-electron chi connectivity index (χ3n) is 5.44. The minimum absolute atomic E-state index is 1.17. The Morgan fingerprint density at radius 1 is 0.619 bits per heavy atom. The van der Waals surface area contributed by atoms with E-state index in [1.165, 1.54) is 23.7 Å². The van der Waals surface area contributed by atoms with Crippen LogP contribution >= 0.6 is 0 Å². The van der Waals surface area contributed by atoms with E-state index in [9.17, 15) is 9.59 Å². The van der Waals surface area contributed by atoms with Crippen molar-refractivity contribution in [3.05, 3.63) is 0 Å². The summed E-state index contributed by atoms with van der Waals surface area (Å²) in [6.07, 6.45) is 12.0. The van der Waals surface area contributed by atoms with Gasteiger partial charge in [0.05, 0.1) is 0 Å². The van der Waals surface area contributed by atoms with Crippen LogP contribution in [0.1, 0.15) is 64.2 Å². The second kappa shape index (κ2) is 7.66. The molecule has 0 amide bonds. The van der Waals surface area contributed by atoms with Gasteiger partial charge in [0.25, 0.3) is 0 Å². The van der Waals surface area contributed by atoms with Gasteiger partial charge < -0.3 is 14.9 Å². The third kappa shape index (κ3) is 5.56. The smallest absolute Gasteiger partial charge is 0.449 e. The van der Waals surface area contributed by atoms with Crippen LogP contribution in [0.2, 0.25) is 0 Å². The fraction of sp³-hybridized carbons (Fsp3) is 0.875. The Hall–Kier alpha value is -1.26. The van der Waals surface area contributed by atoms with Crippen molar-refractivity contribution < 1.29 is 24.5 Å². The number of ether oxygens (including phenoxy) is 1. The van der Waals surface area contributed by atoms with Gasteiger partial charge in [0.1, 0.15) is 0 Å². The molecule has 0 unspecified atom stereocenters. The molecule has 0 saturated heterocycles. The van der Waals surface area contributed by atoms with E-state index in [0.717, 1.165) is 0 Å². The van der Waals surface area contributed by atoms with Crippen molar-refractivity contribution in [1.29, 1.82) is 0 Å². The predicted molar refractivity (Wildman–Crippen MR) is 77.3 cm³/mol. The summed E-state index contributed by atoms with van der Waals surface area (Å²) in [5, 5.41) is 15.0. The molecule has 0 aromatic heterocycles. The average Bonchev–Trinajstić information content (AvgIpc) is 3.21. The van der Waals surface area contributed by atoms with E-state index >= 15 is 0 Å². The minimum atomic E-state index is -1.81. The maximum atomic E-state index is 9.21. The van der Waals surface area contributed by atoms with Crippen LogP contribution in [0.3, 0.4) is 0 Å². The maximum Gasteiger partial charge on any atom is 0.516 e. The lowest BCUT2D eigenvalue weighted by Gasteiger charge is -2.05. The standard InChI is InChI=1S/2C7H12.C2H2O5/c2*1-2-7-4-3-6(1)5-7;3-1(4)7-2(5)6/h2*6-7H,1-5H2;(H,3,4)(H,5,6). The molecule has 4 rings (SSSR count). The van der Waals surface area contributed by atoms with Crippen LogP contribution in [0.5, 0.6) is 0 Å². The number of fused-ring (bicyclic) bond motifs is 4. The van der Waals surface area contributed by atoms with Crippen molar-refractivity contribution in [2.24, 2.45) is 23.7 Å². The molecule has 0 spiro atoms. The molecule has 4 fully saturated rings. The molecule has 0 aromatic carbocycles. The van der Waals surface area contributed by atoms with Gasteiger partial charge in [-0.15, -0.1) is 0 Å². The highest BCUT2D eigenvalue weighted by Gasteiger charge is 2.31. The first-order valence-corrected chi connectivity index (χ1v) is 8.16. The van der Waals surface area contributed by atoms with Gasteiger partial charge in [-0.2, -0.15) is 0 Å². The molecule has 0 atom stereocenters. The normalized spacial score (nSPS) is 34.5. The van der Waals surface area contributed by atoms with Crippen molar-refractivity contribution in [1.82, 2.24) is 0 Å². The maximum absolute atomic E-state index is 9.21. The predicted octanol–water partition coefficient (Wildman–Crippen LogP) is 4.75. The zero-order valence-corrected chi connectivity index (χ0v) is 12.5. The molecule has 0 aromatic rings. The zero-order chi connectivity index (χ0) is 15.2. The number of rotatable bonds is 0. The van der Waals surface area contributed by atoms with Crippen LogP contribution in [-0.2, 0) is 4.74 Å². The quantitative estimate of drug-likeness (QED) is 0.498. The SMILES string of the molecule is C1CC2CCC1C2.C1CC2CCC1C2.O=C(O)OC(=O)O. The molecule has 120 valence electrons. The van der Waals surface area contributed by atoms with E-state index in [2.05, 4.69) is 4.74 Å². The van der Waals surface area contributed by atoms with Crippen LogP contribution in [-0.4, -0.2) is 22.5 Å². The summed E-state index contributed by atoms with van der Waals surface area (Å²) in [7, 11) is 0. The van der Waals surface area contributed by atoms with Gasteiger partial charge in [-0.1, -0.05) is 51.4 Å². The molecule has 0 radical (unpaired) electrons. The number of carbonyl (C=O) groups is 2. The van der Waals surface area contributed by atoms with Gasteiger partial charge in [0.2, 0.25) is 0 Å². The Kier molecular flexibility index (Phi) is 5.88. The summed E-state index contributed by atoms with van der Waals surface area (Å²) in [4.78, 5) is 18.4. The molecule has 0 heterocycles. The Morgan fingerprint density at radius 2 is 0.857 bits per heavy atom. The van der Waals surface area contributed by atoms with E-state index in [1.807, 2.05) is 0 Å². The van der Waals surface area contributed by atoms with Crippen LogP contribution < -0.4 is 0 Å². The molecule has 21 heavy (non-hydrogen) atoms. The van der Waals surface area contributed by atoms with Crippen molar-refractivity contribution in [3.63, 3.8) is 0 Å². The topological polar surface area (TPSA) is 83.8 Å². The van der Waals surface area contributed by atoms with Gasteiger partial charge in [-0.05, 0) is 36.5 Å². The van der Waals surface area contributed by atoms with Crippen molar-refractivity contribution in [2.45, 2.75) is 64.2 Å². The van der Waals surface area contributed by atoms with Crippen molar-refractivity contribution >= 4 is 12.3 Å². The van der Waals surface area contributed by atoms with Crippen LogP contribution in [0.25, 0.3) is 0 Å². The second-order valence-electron chi connectivity index (χ2n) is 6.88. The first-order valence-electron chi connectivity index (χ1n) is 8.16. The largest absolute Gasteiger partial charge is 0.516 e. The third-order valence-corrected chi connectivity index (χ3v) is 5.44. The molecular weight excluding hydrogens is 272 g/mol. The fourth-order valence-corrected chi connectivity index (χ4v) is 4.42. The lowest BCUT2D eigenvalue weighted by atomic mass is 10.0. The number of hydrogen-bond acceptors (Lipinski definition) is 3. The summed E-state index contributed by atoms with van der Waals surface area (Å²) >= 11 is 0. The highest BCUT2D eigenvalue weighted by atomic mass is 16.7. The summed E-state index contributed by atoms with van der Waals surface area (Å²) in [6.45, 7) is 0. The molecule has 4 saturated carbocycles. The van der Waals surface area contributed by atoms with Gasteiger partial charge >= 0.3 is 12.3 Å². The Labute approximate surface area is 125 Å². The summed E-state index contributed by atoms with van der Waals surface area (Å²) in [5.74, 6) is 4.69. The van der Waals surface area contributed by atoms with Gasteiger partial charge in [0.15, 0.2) is 0 Å². The highest BCUT2D eigenvalue weighted by Crippen LogP contribution is 2.44. The van der Waals surface area contributed by atoms with Gasteiger partial charge in [-0.3, -0.25) is 0 Å². The van der Waals surface area contributed by atoms with E-state index in [4.69, 9.17) is 10.2 Å². The second-order valence-corrected chi connectivity index (χ2v) is 6.88. The highest BCUT2D eigenvalue weighted by molar-refractivity contribution is 5.74. The zero-order valence-electron chi connectivity index (χ0n) is 12.5. The van der Waals surface area contributed by atoms with E-state index in [1.54, 1.807) is 64.2 Å². The summed E-state index contributed by atoms with van der Waals surface area (Å²) in [5.41, 5.74) is 0.